The first-order valence-corrected chi connectivity index (χ1v) is 8.01. The second-order valence-corrected chi connectivity index (χ2v) is 5.23. The number of hydrogen-bond acceptors (Lipinski definition) is 7. The molecular weight excluding hydrogens is 342 g/mol. The zero-order chi connectivity index (χ0) is 19.3. The van der Waals surface area contributed by atoms with Crippen molar-refractivity contribution >= 4 is 22.8 Å². The smallest absolute Gasteiger partial charge is 0.343 e. The first-order valence-electron chi connectivity index (χ1n) is 8.01. The first-order chi connectivity index (χ1) is 12.4. The Bertz CT molecular complexity index is 962. The summed E-state index contributed by atoms with van der Waals surface area (Å²) < 4.78 is 16.2. The number of methoxy groups -OCH3 is 1. The fraction of sp³-hybridized carbons (Fsp3) is 0.333. The number of hydrogen-bond donors (Lipinski definition) is 0. The molecule has 0 unspecified atom stereocenters. The zero-order valence-corrected chi connectivity index (χ0v) is 14.7. The van der Waals surface area contributed by atoms with Crippen LogP contribution >= 0.6 is 0 Å². The Kier molecular flexibility index (Phi) is 6.11. The summed E-state index contributed by atoms with van der Waals surface area (Å²) in [6.45, 7) is 3.32. The van der Waals surface area contributed by atoms with Gasteiger partial charge >= 0.3 is 11.9 Å². The van der Waals surface area contributed by atoms with Crippen molar-refractivity contribution in [1.29, 1.82) is 0 Å². The van der Waals surface area contributed by atoms with Gasteiger partial charge in [-0.15, -0.1) is 0 Å². The van der Waals surface area contributed by atoms with Crippen molar-refractivity contribution in [2.24, 2.45) is 0 Å². The number of nitrogens with zero attached hydrogens (tertiary/aromatic N) is 1. The maximum absolute atomic E-state index is 12.7. The Morgan fingerprint density at radius 3 is 2.38 bits per heavy atom. The molecule has 0 amide bonds. The van der Waals surface area contributed by atoms with E-state index in [1.807, 2.05) is 0 Å². The molecule has 0 N–H and O–H groups in total. The third-order valence-corrected chi connectivity index (χ3v) is 3.59. The number of carbonyl (C=O) groups is 2. The molecule has 2 aromatic rings. The lowest BCUT2D eigenvalue weighted by Crippen LogP contribution is -2.23. The van der Waals surface area contributed by atoms with Crippen LogP contribution in [-0.4, -0.2) is 36.8 Å². The minimum atomic E-state index is -0.815. The van der Waals surface area contributed by atoms with Crippen LogP contribution in [0.5, 0.6) is 5.75 Å². The second-order valence-electron chi connectivity index (χ2n) is 5.23. The van der Waals surface area contributed by atoms with Crippen LogP contribution in [0.15, 0.2) is 34.0 Å². The van der Waals surface area contributed by atoms with Gasteiger partial charge in [0.15, 0.2) is 5.75 Å². The molecule has 8 nitrogen and oxygen atoms in total. The third kappa shape index (κ3) is 3.90. The van der Waals surface area contributed by atoms with Gasteiger partial charge in [-0.3, -0.25) is 14.4 Å². The van der Waals surface area contributed by atoms with Crippen molar-refractivity contribution in [2.75, 3.05) is 20.3 Å². The molecule has 0 aliphatic rings. The molecule has 0 bridgehead atoms. The van der Waals surface area contributed by atoms with Crippen LogP contribution in [0.3, 0.4) is 0 Å². The summed E-state index contributed by atoms with van der Waals surface area (Å²) in [6.07, 6.45) is 1.23. The van der Waals surface area contributed by atoms with Crippen LogP contribution in [0.25, 0.3) is 10.9 Å². The van der Waals surface area contributed by atoms with Crippen molar-refractivity contribution in [3.8, 4) is 5.75 Å². The molecule has 0 aliphatic heterocycles. The summed E-state index contributed by atoms with van der Waals surface area (Å²) in [7, 11) is 1.30. The molecule has 2 rings (SSSR count). The van der Waals surface area contributed by atoms with Gasteiger partial charge in [-0.05, 0) is 32.0 Å². The van der Waals surface area contributed by atoms with Crippen molar-refractivity contribution < 1.29 is 23.8 Å². The Morgan fingerprint density at radius 2 is 1.77 bits per heavy atom. The van der Waals surface area contributed by atoms with Gasteiger partial charge in [-0.2, -0.15) is 0 Å². The van der Waals surface area contributed by atoms with E-state index in [9.17, 15) is 19.2 Å². The fourth-order valence-corrected chi connectivity index (χ4v) is 2.45. The topological polar surface area (TPSA) is 101 Å². The Morgan fingerprint density at radius 1 is 1.08 bits per heavy atom. The summed E-state index contributed by atoms with van der Waals surface area (Å²) in [6, 6.07) is 3.88. The van der Waals surface area contributed by atoms with Gasteiger partial charge in [0.2, 0.25) is 10.9 Å². The van der Waals surface area contributed by atoms with E-state index in [4.69, 9.17) is 14.2 Å². The molecule has 138 valence electrons. The van der Waals surface area contributed by atoms with E-state index in [2.05, 4.69) is 0 Å². The maximum atomic E-state index is 12.7. The molecule has 0 atom stereocenters. The van der Waals surface area contributed by atoms with Gasteiger partial charge in [0.1, 0.15) is 12.1 Å². The van der Waals surface area contributed by atoms with Crippen LogP contribution < -0.4 is 15.6 Å². The van der Waals surface area contributed by atoms with Crippen LogP contribution in [0.4, 0.5) is 0 Å². The molecule has 1 aromatic heterocycles. The molecule has 8 heteroatoms. The van der Waals surface area contributed by atoms with Gasteiger partial charge in [-0.25, -0.2) is 4.79 Å². The van der Waals surface area contributed by atoms with Crippen molar-refractivity contribution in [3.63, 3.8) is 0 Å². The summed E-state index contributed by atoms with van der Waals surface area (Å²) in [5.41, 5.74) is -1.02. The van der Waals surface area contributed by atoms with Crippen molar-refractivity contribution in [2.45, 2.75) is 20.4 Å². The molecule has 0 saturated heterocycles. The lowest BCUT2D eigenvalue weighted by atomic mass is 10.1. The minimum absolute atomic E-state index is 0.0544. The maximum Gasteiger partial charge on any atom is 0.343 e. The fourth-order valence-electron chi connectivity index (χ4n) is 2.45. The predicted octanol–water partition coefficient (Wildman–Crippen LogP) is 1.11. The predicted molar refractivity (Wildman–Crippen MR) is 93.6 cm³/mol. The van der Waals surface area contributed by atoms with E-state index in [0.717, 1.165) is 0 Å². The molecule has 0 radical (unpaired) electrons. The van der Waals surface area contributed by atoms with Crippen LogP contribution in [0, 0.1) is 0 Å². The molecule has 0 saturated carbocycles. The standard InChI is InChI=1S/C18H19NO7/c1-4-25-16(21)10-19-9-12(18(23)26-5-2)17(22)11-8-15(24-3)14(20)7-6-13(11)19/h6-9H,4-5,10H2,1-3H3. The van der Waals surface area contributed by atoms with E-state index in [0.29, 0.717) is 0 Å². The van der Waals surface area contributed by atoms with Gasteiger partial charge in [0, 0.05) is 6.20 Å². The van der Waals surface area contributed by atoms with Gasteiger partial charge in [0.25, 0.3) is 0 Å². The molecule has 0 aliphatic carbocycles. The number of esters is 2. The van der Waals surface area contributed by atoms with E-state index < -0.39 is 22.8 Å². The first kappa shape index (κ1) is 19.2. The third-order valence-electron chi connectivity index (χ3n) is 3.59. The van der Waals surface area contributed by atoms with Gasteiger partial charge in [0.05, 0.1) is 31.2 Å². The van der Waals surface area contributed by atoms with Gasteiger partial charge < -0.3 is 18.8 Å². The highest BCUT2D eigenvalue weighted by Crippen LogP contribution is 2.15. The number of ether oxygens (including phenoxy) is 3. The lowest BCUT2D eigenvalue weighted by Gasteiger charge is -2.11. The SMILES string of the molecule is CCOC(=O)Cn1cc(C(=O)OCC)c(=O)c2cc(OC)c(=O)ccc21. The highest BCUT2D eigenvalue weighted by Gasteiger charge is 2.18. The van der Waals surface area contributed by atoms with Crippen LogP contribution in [-0.2, 0) is 20.8 Å². The normalized spacial score (nSPS) is 10.4. The minimum Gasteiger partial charge on any atom is -0.493 e. The number of carbonyl (C=O) groups excluding carboxylic acids is 2. The molecular formula is C18H19NO7. The van der Waals surface area contributed by atoms with Crippen molar-refractivity contribution in [3.05, 3.63) is 50.4 Å². The zero-order valence-electron chi connectivity index (χ0n) is 14.7. The van der Waals surface area contributed by atoms with Gasteiger partial charge in [-0.1, -0.05) is 0 Å². The summed E-state index contributed by atoms with van der Waals surface area (Å²) in [5.74, 6) is -1.42. The number of fused-ring (bicyclic) bond motifs is 1. The number of pyridine rings is 1. The lowest BCUT2D eigenvalue weighted by molar-refractivity contribution is -0.143. The Balaban J connectivity index is 2.83. The Hall–Kier alpha value is -3.16. The average Bonchev–Trinajstić information content (AvgIpc) is 2.77. The molecule has 26 heavy (non-hydrogen) atoms. The number of aromatic nitrogens is 1. The number of rotatable bonds is 6. The largest absolute Gasteiger partial charge is 0.493 e. The van der Waals surface area contributed by atoms with Crippen molar-refractivity contribution in [1.82, 2.24) is 4.57 Å². The summed E-state index contributed by atoms with van der Waals surface area (Å²) in [4.78, 5) is 48.8. The van der Waals surface area contributed by atoms with E-state index >= 15 is 0 Å². The average molecular weight is 361 g/mol. The monoisotopic (exact) mass is 361 g/mol. The Labute approximate surface area is 148 Å². The van der Waals surface area contributed by atoms with Crippen LogP contribution in [0.1, 0.15) is 24.2 Å². The molecule has 1 aromatic carbocycles. The summed E-state index contributed by atoms with van der Waals surface area (Å²) in [5, 5.41) is 0.0544. The van der Waals surface area contributed by atoms with E-state index in [-0.39, 0.29) is 42.0 Å². The molecule has 0 fully saturated rings. The van der Waals surface area contributed by atoms with E-state index in [1.54, 1.807) is 13.8 Å². The van der Waals surface area contributed by atoms with E-state index in [1.165, 1.54) is 36.1 Å². The molecule has 1 heterocycles. The molecule has 0 spiro atoms. The highest BCUT2D eigenvalue weighted by atomic mass is 16.5. The second kappa shape index (κ2) is 8.28. The van der Waals surface area contributed by atoms with Crippen LogP contribution in [0.2, 0.25) is 0 Å². The summed E-state index contributed by atoms with van der Waals surface area (Å²) >= 11 is 0. The highest BCUT2D eigenvalue weighted by molar-refractivity contribution is 5.94. The quantitative estimate of drug-likeness (QED) is 0.710.